The molecule has 2 rings (SSSR count). The largest absolute Gasteiger partial charge is 0.489 e. The maximum atomic E-state index is 11.5. The van der Waals surface area contributed by atoms with Gasteiger partial charge < -0.3 is 14.2 Å². The molecular formula is C15H20ClNO4. The van der Waals surface area contributed by atoms with Crippen molar-refractivity contribution < 1.29 is 19.0 Å². The van der Waals surface area contributed by atoms with Crippen LogP contribution in [0.1, 0.15) is 6.92 Å². The van der Waals surface area contributed by atoms with E-state index in [4.69, 9.17) is 25.8 Å². The minimum atomic E-state index is -0.204. The second-order valence-electron chi connectivity index (χ2n) is 4.77. The molecule has 0 N–H and O–H groups in total. The van der Waals surface area contributed by atoms with Gasteiger partial charge in [0.05, 0.1) is 24.8 Å². The third-order valence-corrected chi connectivity index (χ3v) is 3.45. The first-order valence-electron chi connectivity index (χ1n) is 7.06. The van der Waals surface area contributed by atoms with Gasteiger partial charge in [0, 0.05) is 13.1 Å². The Kier molecular flexibility index (Phi) is 6.29. The number of carbonyl (C=O) groups is 1. The van der Waals surface area contributed by atoms with Gasteiger partial charge in [0.15, 0.2) is 0 Å². The van der Waals surface area contributed by atoms with Crippen molar-refractivity contribution in [2.45, 2.75) is 13.0 Å². The van der Waals surface area contributed by atoms with Gasteiger partial charge in [0.1, 0.15) is 18.5 Å². The van der Waals surface area contributed by atoms with Crippen LogP contribution in [0.5, 0.6) is 5.75 Å². The Morgan fingerprint density at radius 3 is 3.05 bits per heavy atom. The summed E-state index contributed by atoms with van der Waals surface area (Å²) in [6, 6.07) is 7.33. The Bertz CT molecular complexity index is 469. The SMILES string of the molecule is CCOC(=O)CN1CCO[C@H](COc2ccccc2Cl)C1. The van der Waals surface area contributed by atoms with E-state index in [1.54, 1.807) is 13.0 Å². The van der Waals surface area contributed by atoms with Crippen molar-refractivity contribution >= 4 is 17.6 Å². The van der Waals surface area contributed by atoms with E-state index in [1.807, 2.05) is 23.1 Å². The van der Waals surface area contributed by atoms with Crippen molar-refractivity contribution in [1.82, 2.24) is 4.90 Å². The van der Waals surface area contributed by atoms with Crippen LogP contribution in [0.25, 0.3) is 0 Å². The van der Waals surface area contributed by atoms with E-state index in [2.05, 4.69) is 0 Å². The fourth-order valence-electron chi connectivity index (χ4n) is 2.16. The molecule has 0 radical (unpaired) electrons. The fraction of sp³-hybridized carbons (Fsp3) is 0.533. The van der Waals surface area contributed by atoms with Crippen molar-refractivity contribution in [1.29, 1.82) is 0 Å². The maximum Gasteiger partial charge on any atom is 0.320 e. The van der Waals surface area contributed by atoms with Gasteiger partial charge in [0.2, 0.25) is 0 Å². The molecule has 5 nitrogen and oxygen atoms in total. The van der Waals surface area contributed by atoms with Crippen molar-refractivity contribution in [3.63, 3.8) is 0 Å². The second-order valence-corrected chi connectivity index (χ2v) is 5.18. The first-order valence-corrected chi connectivity index (χ1v) is 7.43. The highest BCUT2D eigenvalue weighted by Crippen LogP contribution is 2.23. The van der Waals surface area contributed by atoms with E-state index >= 15 is 0 Å². The highest BCUT2D eigenvalue weighted by molar-refractivity contribution is 6.32. The topological polar surface area (TPSA) is 48.0 Å². The number of benzene rings is 1. The summed E-state index contributed by atoms with van der Waals surface area (Å²) in [4.78, 5) is 13.5. The van der Waals surface area contributed by atoms with Crippen molar-refractivity contribution in [3.8, 4) is 5.75 Å². The number of morpholine rings is 1. The number of carbonyl (C=O) groups excluding carboxylic acids is 1. The molecule has 1 fully saturated rings. The van der Waals surface area contributed by atoms with Gasteiger partial charge in [-0.25, -0.2) is 0 Å². The van der Waals surface area contributed by atoms with Crippen LogP contribution in [0.15, 0.2) is 24.3 Å². The summed E-state index contributed by atoms with van der Waals surface area (Å²) in [6.45, 7) is 4.85. The Labute approximate surface area is 129 Å². The summed E-state index contributed by atoms with van der Waals surface area (Å²) >= 11 is 6.04. The molecule has 0 unspecified atom stereocenters. The zero-order valence-corrected chi connectivity index (χ0v) is 12.8. The van der Waals surface area contributed by atoms with E-state index in [1.165, 1.54) is 0 Å². The lowest BCUT2D eigenvalue weighted by Crippen LogP contribution is -2.47. The third-order valence-electron chi connectivity index (χ3n) is 3.14. The lowest BCUT2D eigenvalue weighted by Gasteiger charge is -2.32. The minimum Gasteiger partial charge on any atom is -0.489 e. The fourth-order valence-corrected chi connectivity index (χ4v) is 2.35. The molecule has 6 heteroatoms. The molecule has 0 aromatic heterocycles. The maximum absolute atomic E-state index is 11.5. The minimum absolute atomic E-state index is 0.0792. The first-order chi connectivity index (χ1) is 10.2. The molecule has 21 heavy (non-hydrogen) atoms. The Morgan fingerprint density at radius 1 is 1.48 bits per heavy atom. The number of hydrogen-bond acceptors (Lipinski definition) is 5. The number of nitrogens with zero attached hydrogens (tertiary/aromatic N) is 1. The monoisotopic (exact) mass is 313 g/mol. The summed E-state index contributed by atoms with van der Waals surface area (Å²) in [5.41, 5.74) is 0. The standard InChI is InChI=1S/C15H20ClNO4/c1-2-19-15(18)10-17-7-8-20-12(9-17)11-21-14-6-4-3-5-13(14)16/h3-6,12H,2,7-11H2,1H3/t12-/m0/s1. The average Bonchev–Trinajstić information content (AvgIpc) is 2.47. The molecule has 116 valence electrons. The Morgan fingerprint density at radius 2 is 2.29 bits per heavy atom. The summed E-state index contributed by atoms with van der Waals surface area (Å²) in [6.07, 6.45) is -0.0792. The van der Waals surface area contributed by atoms with E-state index in [-0.39, 0.29) is 12.1 Å². The molecule has 1 atom stereocenters. The van der Waals surface area contributed by atoms with Gasteiger partial charge in [-0.15, -0.1) is 0 Å². The molecule has 1 aromatic carbocycles. The Balaban J connectivity index is 1.79. The predicted molar refractivity (Wildman–Crippen MR) is 79.8 cm³/mol. The van der Waals surface area contributed by atoms with Crippen LogP contribution in [0.2, 0.25) is 5.02 Å². The summed E-state index contributed by atoms with van der Waals surface area (Å²) in [7, 11) is 0. The van der Waals surface area contributed by atoms with Crippen LogP contribution in [0.4, 0.5) is 0 Å². The number of rotatable bonds is 6. The zero-order valence-electron chi connectivity index (χ0n) is 12.1. The summed E-state index contributed by atoms with van der Waals surface area (Å²) < 4.78 is 16.3. The van der Waals surface area contributed by atoms with Crippen LogP contribution in [-0.4, -0.2) is 56.4 Å². The molecule has 1 aliphatic heterocycles. The van der Waals surface area contributed by atoms with Crippen LogP contribution in [0, 0.1) is 0 Å². The quantitative estimate of drug-likeness (QED) is 0.752. The number of para-hydroxylation sites is 1. The number of hydrogen-bond donors (Lipinski definition) is 0. The van der Waals surface area contributed by atoms with Crippen molar-refractivity contribution in [3.05, 3.63) is 29.3 Å². The molecule has 0 bridgehead atoms. The predicted octanol–water partition coefficient (Wildman–Crippen LogP) is 1.98. The van der Waals surface area contributed by atoms with Gasteiger partial charge >= 0.3 is 5.97 Å². The zero-order chi connectivity index (χ0) is 15.1. The van der Waals surface area contributed by atoms with Gasteiger partial charge in [-0.1, -0.05) is 23.7 Å². The lowest BCUT2D eigenvalue weighted by atomic mass is 10.3. The molecule has 1 aromatic rings. The number of ether oxygens (including phenoxy) is 3. The van der Waals surface area contributed by atoms with Crippen molar-refractivity contribution in [2.24, 2.45) is 0 Å². The normalized spacial score (nSPS) is 19.2. The van der Waals surface area contributed by atoms with E-state index < -0.39 is 0 Å². The Hall–Kier alpha value is -1.30. The van der Waals surface area contributed by atoms with Crippen molar-refractivity contribution in [2.75, 3.05) is 39.5 Å². The smallest absolute Gasteiger partial charge is 0.320 e. The van der Waals surface area contributed by atoms with Crippen LogP contribution >= 0.6 is 11.6 Å². The van der Waals surface area contributed by atoms with Gasteiger partial charge in [0.25, 0.3) is 0 Å². The van der Waals surface area contributed by atoms with Crippen LogP contribution in [-0.2, 0) is 14.3 Å². The van der Waals surface area contributed by atoms with Gasteiger partial charge in [-0.05, 0) is 19.1 Å². The lowest BCUT2D eigenvalue weighted by molar-refractivity contribution is -0.146. The van der Waals surface area contributed by atoms with Gasteiger partial charge in [-0.2, -0.15) is 0 Å². The highest BCUT2D eigenvalue weighted by atomic mass is 35.5. The molecule has 1 heterocycles. The average molecular weight is 314 g/mol. The third kappa shape index (κ3) is 5.19. The van der Waals surface area contributed by atoms with Crippen LogP contribution < -0.4 is 4.74 Å². The number of halogens is 1. The second kappa shape index (κ2) is 8.22. The molecule has 1 aliphatic rings. The van der Waals surface area contributed by atoms with E-state index in [0.29, 0.717) is 43.7 Å². The first kappa shape index (κ1) is 16.1. The molecule has 0 amide bonds. The molecule has 1 saturated heterocycles. The highest BCUT2D eigenvalue weighted by Gasteiger charge is 2.23. The molecule has 0 spiro atoms. The van der Waals surface area contributed by atoms with E-state index in [9.17, 15) is 4.79 Å². The van der Waals surface area contributed by atoms with E-state index in [0.717, 1.165) is 6.54 Å². The molecular weight excluding hydrogens is 294 g/mol. The number of esters is 1. The summed E-state index contributed by atoms with van der Waals surface area (Å²) in [5.74, 6) is 0.440. The molecule has 0 saturated carbocycles. The molecule has 0 aliphatic carbocycles. The van der Waals surface area contributed by atoms with Crippen LogP contribution in [0.3, 0.4) is 0 Å². The summed E-state index contributed by atoms with van der Waals surface area (Å²) in [5, 5.41) is 0.580. The van der Waals surface area contributed by atoms with Gasteiger partial charge in [-0.3, -0.25) is 9.69 Å².